The van der Waals surface area contributed by atoms with E-state index in [1.165, 1.54) is 24.8 Å². The number of carbonyl (C=O) groups is 1. The summed E-state index contributed by atoms with van der Waals surface area (Å²) in [6.07, 6.45) is 6.40. The number of benzene rings is 1. The van der Waals surface area contributed by atoms with Crippen LogP contribution in [0.5, 0.6) is 5.75 Å². The predicted molar refractivity (Wildman–Crippen MR) is 91.7 cm³/mol. The van der Waals surface area contributed by atoms with Gasteiger partial charge in [-0.25, -0.2) is 0 Å². The first kappa shape index (κ1) is 17.8. The Kier molecular flexibility index (Phi) is 7.40. The summed E-state index contributed by atoms with van der Waals surface area (Å²) in [5.74, 6) is 0.134. The maximum Gasteiger partial charge on any atom is 0.306 e. The van der Waals surface area contributed by atoms with E-state index in [1.54, 1.807) is 0 Å². The van der Waals surface area contributed by atoms with Crippen molar-refractivity contribution in [2.45, 2.75) is 52.0 Å². The summed E-state index contributed by atoms with van der Waals surface area (Å²) in [6.45, 7) is 5.63. The molecule has 1 aliphatic heterocycles. The van der Waals surface area contributed by atoms with Crippen LogP contribution in [0, 0.1) is 5.92 Å². The lowest BCUT2D eigenvalue weighted by molar-refractivity contribution is -0.143. The smallest absolute Gasteiger partial charge is 0.306 e. The van der Waals surface area contributed by atoms with Gasteiger partial charge in [0.25, 0.3) is 0 Å². The molecule has 128 valence electrons. The Hall–Kier alpha value is -1.55. The quantitative estimate of drug-likeness (QED) is 0.700. The fraction of sp³-hybridized carbons (Fsp3) is 0.632. The van der Waals surface area contributed by atoms with Gasteiger partial charge in [-0.1, -0.05) is 38.3 Å². The minimum atomic E-state index is -0.648. The van der Waals surface area contributed by atoms with Gasteiger partial charge < -0.3 is 9.84 Å². The Bertz CT molecular complexity index is 464. The van der Waals surface area contributed by atoms with Crippen LogP contribution in [0.2, 0.25) is 0 Å². The minimum absolute atomic E-state index is 0.158. The maximum atomic E-state index is 11.0. The zero-order valence-electron chi connectivity index (χ0n) is 14.2. The number of hydrogen-bond donors (Lipinski definition) is 1. The molecule has 4 heteroatoms. The van der Waals surface area contributed by atoms with E-state index in [1.807, 2.05) is 12.1 Å². The van der Waals surface area contributed by atoms with Crippen molar-refractivity contribution in [1.82, 2.24) is 4.90 Å². The topological polar surface area (TPSA) is 49.8 Å². The van der Waals surface area contributed by atoms with Crippen LogP contribution in [0.3, 0.4) is 0 Å². The lowest BCUT2D eigenvalue weighted by Gasteiger charge is -2.30. The van der Waals surface area contributed by atoms with Gasteiger partial charge in [-0.3, -0.25) is 9.69 Å². The van der Waals surface area contributed by atoms with Crippen molar-refractivity contribution < 1.29 is 14.6 Å². The summed E-state index contributed by atoms with van der Waals surface area (Å²) in [7, 11) is 0. The number of likely N-dealkylation sites (tertiary alicyclic amines) is 1. The lowest BCUT2D eigenvalue weighted by Crippen LogP contribution is -2.35. The molecular formula is C19H29NO3. The molecule has 0 bridgehead atoms. The van der Waals surface area contributed by atoms with Gasteiger partial charge in [0.1, 0.15) is 5.75 Å². The summed E-state index contributed by atoms with van der Waals surface area (Å²) in [4.78, 5) is 13.3. The zero-order chi connectivity index (χ0) is 16.5. The Morgan fingerprint density at radius 2 is 1.87 bits per heavy atom. The number of carboxylic acid groups (broad SMARTS) is 1. The molecule has 2 rings (SSSR count). The standard InChI is InChI=1S/C19H29NO3/c1-2-3-4-5-14-23-18-8-6-16(7-9-18)15-20-12-10-17(11-13-20)19(21)22/h6-9,17H,2-5,10-15H2,1H3,(H,21,22). The van der Waals surface area contributed by atoms with E-state index in [0.717, 1.165) is 51.3 Å². The molecule has 1 aromatic carbocycles. The first-order valence-corrected chi connectivity index (χ1v) is 8.86. The second-order valence-corrected chi connectivity index (χ2v) is 6.44. The van der Waals surface area contributed by atoms with Crippen molar-refractivity contribution in [3.05, 3.63) is 29.8 Å². The molecule has 0 amide bonds. The molecule has 1 aliphatic rings. The van der Waals surface area contributed by atoms with E-state index >= 15 is 0 Å². The maximum absolute atomic E-state index is 11.0. The van der Waals surface area contributed by atoms with E-state index in [9.17, 15) is 4.79 Å². The molecule has 0 spiro atoms. The third-order valence-electron chi connectivity index (χ3n) is 4.53. The summed E-state index contributed by atoms with van der Waals surface area (Å²) < 4.78 is 5.76. The normalized spacial score (nSPS) is 16.4. The molecule has 0 aliphatic carbocycles. The predicted octanol–water partition coefficient (Wildman–Crippen LogP) is 3.94. The van der Waals surface area contributed by atoms with Gasteiger partial charge in [-0.2, -0.15) is 0 Å². The third-order valence-corrected chi connectivity index (χ3v) is 4.53. The summed E-state index contributed by atoms with van der Waals surface area (Å²) in [5.41, 5.74) is 1.26. The zero-order valence-corrected chi connectivity index (χ0v) is 14.2. The monoisotopic (exact) mass is 319 g/mol. The molecule has 0 atom stereocenters. The minimum Gasteiger partial charge on any atom is -0.494 e. The molecule has 1 heterocycles. The van der Waals surface area contributed by atoms with Crippen molar-refractivity contribution in [3.63, 3.8) is 0 Å². The highest BCUT2D eigenvalue weighted by Crippen LogP contribution is 2.20. The van der Waals surface area contributed by atoms with Crippen LogP contribution in [0.25, 0.3) is 0 Å². The van der Waals surface area contributed by atoms with E-state index in [0.29, 0.717) is 0 Å². The second-order valence-electron chi connectivity index (χ2n) is 6.44. The molecule has 1 fully saturated rings. The number of aliphatic carboxylic acids is 1. The summed E-state index contributed by atoms with van der Waals surface area (Å²) in [6, 6.07) is 8.31. The van der Waals surface area contributed by atoms with Gasteiger partial charge in [0.05, 0.1) is 12.5 Å². The Labute approximate surface area is 139 Å². The highest BCUT2D eigenvalue weighted by atomic mass is 16.5. The fourth-order valence-electron chi connectivity index (χ4n) is 3.01. The van der Waals surface area contributed by atoms with Gasteiger partial charge in [0.2, 0.25) is 0 Å². The third kappa shape index (κ3) is 6.22. The SMILES string of the molecule is CCCCCCOc1ccc(CN2CCC(C(=O)O)CC2)cc1. The number of hydrogen-bond acceptors (Lipinski definition) is 3. The molecule has 1 aromatic rings. The van der Waals surface area contributed by atoms with E-state index < -0.39 is 5.97 Å². The van der Waals surface area contributed by atoms with E-state index in [4.69, 9.17) is 9.84 Å². The van der Waals surface area contributed by atoms with Crippen LogP contribution in [-0.4, -0.2) is 35.7 Å². The summed E-state index contributed by atoms with van der Waals surface area (Å²) in [5, 5.41) is 9.03. The number of piperidine rings is 1. The second kappa shape index (κ2) is 9.56. The van der Waals surface area contributed by atoms with Crippen molar-refractivity contribution in [1.29, 1.82) is 0 Å². The largest absolute Gasteiger partial charge is 0.494 e. The van der Waals surface area contributed by atoms with Gasteiger partial charge >= 0.3 is 5.97 Å². The molecule has 23 heavy (non-hydrogen) atoms. The van der Waals surface area contributed by atoms with Gasteiger partial charge in [-0.05, 0) is 50.0 Å². The van der Waals surface area contributed by atoms with Crippen molar-refractivity contribution in [2.75, 3.05) is 19.7 Å². The number of rotatable bonds is 9. The van der Waals surface area contributed by atoms with Crippen LogP contribution in [-0.2, 0) is 11.3 Å². The highest BCUT2D eigenvalue weighted by Gasteiger charge is 2.24. The molecule has 4 nitrogen and oxygen atoms in total. The van der Waals surface area contributed by atoms with Gasteiger partial charge in [0.15, 0.2) is 0 Å². The Morgan fingerprint density at radius 1 is 1.17 bits per heavy atom. The van der Waals surface area contributed by atoms with E-state index in [-0.39, 0.29) is 5.92 Å². The average Bonchev–Trinajstić information content (AvgIpc) is 2.57. The molecular weight excluding hydrogens is 290 g/mol. The molecule has 0 radical (unpaired) electrons. The molecule has 1 N–H and O–H groups in total. The number of unbranched alkanes of at least 4 members (excludes halogenated alkanes) is 3. The lowest BCUT2D eigenvalue weighted by atomic mass is 9.97. The molecule has 0 saturated carbocycles. The van der Waals surface area contributed by atoms with Crippen LogP contribution in [0.15, 0.2) is 24.3 Å². The van der Waals surface area contributed by atoms with Crippen LogP contribution >= 0.6 is 0 Å². The number of ether oxygens (including phenoxy) is 1. The highest BCUT2D eigenvalue weighted by molar-refractivity contribution is 5.70. The Morgan fingerprint density at radius 3 is 2.48 bits per heavy atom. The first-order valence-electron chi connectivity index (χ1n) is 8.86. The van der Waals surface area contributed by atoms with E-state index in [2.05, 4.69) is 24.0 Å². The first-order chi connectivity index (χ1) is 11.2. The van der Waals surface area contributed by atoms with Gasteiger partial charge in [-0.15, -0.1) is 0 Å². The van der Waals surface area contributed by atoms with Crippen molar-refractivity contribution in [2.24, 2.45) is 5.92 Å². The molecule has 0 aromatic heterocycles. The van der Waals surface area contributed by atoms with Crippen molar-refractivity contribution >= 4 is 5.97 Å². The Balaban J connectivity index is 1.70. The van der Waals surface area contributed by atoms with Crippen LogP contribution < -0.4 is 4.74 Å². The molecule has 0 unspecified atom stereocenters. The van der Waals surface area contributed by atoms with Crippen LogP contribution in [0.4, 0.5) is 0 Å². The van der Waals surface area contributed by atoms with Gasteiger partial charge in [0, 0.05) is 6.54 Å². The summed E-state index contributed by atoms with van der Waals surface area (Å²) >= 11 is 0. The molecule has 1 saturated heterocycles. The fourth-order valence-corrected chi connectivity index (χ4v) is 3.01. The number of nitrogens with zero attached hydrogens (tertiary/aromatic N) is 1. The number of carboxylic acids is 1. The van der Waals surface area contributed by atoms with Crippen molar-refractivity contribution in [3.8, 4) is 5.75 Å². The van der Waals surface area contributed by atoms with Crippen LogP contribution in [0.1, 0.15) is 51.0 Å². The average molecular weight is 319 g/mol.